The van der Waals surface area contributed by atoms with Gasteiger partial charge in [0.2, 0.25) is 0 Å². The van der Waals surface area contributed by atoms with Crippen LogP contribution in [0.15, 0.2) is 36.4 Å². The van der Waals surface area contributed by atoms with Crippen LogP contribution in [0.2, 0.25) is 0 Å². The molecule has 2 bridgehead atoms. The van der Waals surface area contributed by atoms with E-state index in [-0.39, 0.29) is 22.7 Å². The highest BCUT2D eigenvalue weighted by molar-refractivity contribution is 5.96. The molecule has 3 aromatic rings. The number of nitrogens with zero attached hydrogens (tertiary/aromatic N) is 4. The zero-order valence-corrected chi connectivity index (χ0v) is 20.2. The van der Waals surface area contributed by atoms with Gasteiger partial charge in [0.05, 0.1) is 11.2 Å². The van der Waals surface area contributed by atoms with E-state index in [4.69, 9.17) is 0 Å². The first-order valence-electron chi connectivity index (χ1n) is 11.9. The Labute approximate surface area is 199 Å². The highest BCUT2D eigenvalue weighted by atomic mass is 16.3. The average molecular weight is 461 g/mol. The fourth-order valence-electron chi connectivity index (χ4n) is 5.88. The van der Waals surface area contributed by atoms with Crippen LogP contribution in [0.3, 0.4) is 0 Å². The van der Waals surface area contributed by atoms with Crippen molar-refractivity contribution < 1.29 is 9.90 Å². The number of carbonyl (C=O) groups excluding carboxylic acids is 1. The number of nitrogens with one attached hydrogen (secondary N) is 2. The van der Waals surface area contributed by atoms with E-state index in [0.29, 0.717) is 28.5 Å². The standard InChI is InChI=1S/C26H32N6O2/c1-25-10-5-11-26(2,31-25)15-17(14-25)32(4)23-9-8-19(29-30-23)18-12-16-6-7-20(24(34)27-3)28-21(16)13-22(18)33/h6-9,12-13,17,31,33H,5,10-11,14-15H2,1-4H3,(H,27,34)/t17-,25+,26-. The fourth-order valence-corrected chi connectivity index (χ4v) is 5.88. The van der Waals surface area contributed by atoms with Crippen molar-refractivity contribution in [2.45, 2.75) is 63.1 Å². The summed E-state index contributed by atoms with van der Waals surface area (Å²) in [5.74, 6) is 0.617. The number of hydrogen-bond acceptors (Lipinski definition) is 7. The lowest BCUT2D eigenvalue weighted by atomic mass is 9.69. The first-order valence-corrected chi connectivity index (χ1v) is 11.9. The van der Waals surface area contributed by atoms with Crippen molar-refractivity contribution in [2.24, 2.45) is 0 Å². The quantitative estimate of drug-likeness (QED) is 0.546. The normalized spacial score (nSPS) is 26.3. The molecule has 3 atom stereocenters. The first-order chi connectivity index (χ1) is 16.2. The third-order valence-electron chi connectivity index (χ3n) is 7.53. The van der Waals surface area contributed by atoms with Gasteiger partial charge in [0, 0.05) is 48.2 Å². The van der Waals surface area contributed by atoms with Gasteiger partial charge < -0.3 is 20.6 Å². The molecule has 2 saturated heterocycles. The molecular weight excluding hydrogens is 428 g/mol. The van der Waals surface area contributed by atoms with Crippen LogP contribution in [-0.4, -0.2) is 57.4 Å². The number of piperidine rings is 2. The third kappa shape index (κ3) is 4.07. The van der Waals surface area contributed by atoms with Gasteiger partial charge >= 0.3 is 0 Å². The van der Waals surface area contributed by atoms with E-state index >= 15 is 0 Å². The Kier molecular flexibility index (Phi) is 5.43. The van der Waals surface area contributed by atoms with Crippen molar-refractivity contribution in [3.63, 3.8) is 0 Å². The number of aromatic hydroxyl groups is 1. The lowest BCUT2D eigenvalue weighted by Crippen LogP contribution is -2.66. The molecule has 5 rings (SSSR count). The fraction of sp³-hybridized carbons (Fsp3) is 0.462. The van der Waals surface area contributed by atoms with Crippen LogP contribution in [0.5, 0.6) is 5.75 Å². The summed E-state index contributed by atoms with van der Waals surface area (Å²) >= 11 is 0. The minimum absolute atomic E-state index is 0.0523. The molecule has 0 aliphatic carbocycles. The largest absolute Gasteiger partial charge is 0.507 e. The molecule has 8 nitrogen and oxygen atoms in total. The lowest BCUT2D eigenvalue weighted by Gasteiger charge is -2.55. The zero-order valence-electron chi connectivity index (χ0n) is 20.2. The Hall–Kier alpha value is -3.26. The van der Waals surface area contributed by atoms with E-state index in [1.165, 1.54) is 19.3 Å². The molecule has 0 spiro atoms. The molecule has 178 valence electrons. The Morgan fingerprint density at radius 3 is 2.50 bits per heavy atom. The molecular formula is C26H32N6O2. The van der Waals surface area contributed by atoms with Gasteiger partial charge in [-0.1, -0.05) is 6.07 Å². The molecule has 0 saturated carbocycles. The number of carbonyl (C=O) groups is 1. The molecule has 1 aromatic carbocycles. The molecule has 3 N–H and O–H groups in total. The predicted octanol–water partition coefficient (Wildman–Crippen LogP) is 3.65. The van der Waals surface area contributed by atoms with Crippen molar-refractivity contribution >= 4 is 22.6 Å². The number of phenols is 1. The number of phenolic OH excluding ortho intramolecular Hbond substituents is 1. The molecule has 4 heterocycles. The van der Waals surface area contributed by atoms with Gasteiger partial charge in [0.1, 0.15) is 11.4 Å². The number of rotatable bonds is 4. The van der Waals surface area contributed by atoms with E-state index in [1.54, 1.807) is 19.2 Å². The number of aromatic nitrogens is 3. The number of fused-ring (bicyclic) bond motifs is 3. The van der Waals surface area contributed by atoms with Crippen molar-refractivity contribution in [2.75, 3.05) is 19.0 Å². The van der Waals surface area contributed by atoms with Crippen LogP contribution in [0.1, 0.15) is 56.4 Å². The highest BCUT2D eigenvalue weighted by Crippen LogP contribution is 2.42. The summed E-state index contributed by atoms with van der Waals surface area (Å²) in [6.07, 6.45) is 5.86. The topological polar surface area (TPSA) is 103 Å². The van der Waals surface area contributed by atoms with Gasteiger partial charge in [0.15, 0.2) is 5.82 Å². The smallest absolute Gasteiger partial charge is 0.269 e. The molecule has 2 fully saturated rings. The van der Waals surface area contributed by atoms with Crippen LogP contribution >= 0.6 is 0 Å². The van der Waals surface area contributed by atoms with Gasteiger partial charge in [-0.05, 0) is 70.2 Å². The van der Waals surface area contributed by atoms with Gasteiger partial charge in [-0.2, -0.15) is 0 Å². The molecule has 2 aromatic heterocycles. The van der Waals surface area contributed by atoms with Crippen molar-refractivity contribution in [3.05, 3.63) is 42.1 Å². The Balaban J connectivity index is 1.39. The summed E-state index contributed by atoms with van der Waals surface area (Å²) in [5.41, 5.74) is 2.36. The van der Waals surface area contributed by atoms with E-state index in [1.807, 2.05) is 24.3 Å². The van der Waals surface area contributed by atoms with Crippen LogP contribution in [0.4, 0.5) is 5.82 Å². The SMILES string of the molecule is CNC(=O)c1ccc2cc(-c3ccc(N(C)[C@@H]4C[C@]5(C)CCC[C@](C)(C4)N5)nn3)c(O)cc2n1. The van der Waals surface area contributed by atoms with Crippen LogP contribution < -0.4 is 15.5 Å². The van der Waals surface area contributed by atoms with E-state index in [2.05, 4.69) is 51.6 Å². The minimum Gasteiger partial charge on any atom is -0.507 e. The van der Waals surface area contributed by atoms with Crippen LogP contribution in [-0.2, 0) is 0 Å². The number of amides is 1. The molecule has 34 heavy (non-hydrogen) atoms. The molecule has 0 unspecified atom stereocenters. The van der Waals surface area contributed by atoms with Crippen LogP contribution in [0.25, 0.3) is 22.2 Å². The lowest BCUT2D eigenvalue weighted by molar-refractivity contribution is 0.0784. The second kappa shape index (κ2) is 8.20. The average Bonchev–Trinajstić information content (AvgIpc) is 2.81. The minimum atomic E-state index is -0.267. The summed E-state index contributed by atoms with van der Waals surface area (Å²) in [4.78, 5) is 18.5. The summed E-state index contributed by atoms with van der Waals surface area (Å²) in [7, 11) is 3.66. The predicted molar refractivity (Wildman–Crippen MR) is 133 cm³/mol. The summed E-state index contributed by atoms with van der Waals surface area (Å²) < 4.78 is 0. The number of hydrogen-bond donors (Lipinski definition) is 3. The number of benzene rings is 1. The maximum atomic E-state index is 11.9. The first kappa shape index (κ1) is 22.5. The Bertz CT molecular complexity index is 1230. The van der Waals surface area contributed by atoms with Gasteiger partial charge in [-0.25, -0.2) is 4.98 Å². The Morgan fingerprint density at radius 2 is 1.85 bits per heavy atom. The zero-order chi connectivity index (χ0) is 24.1. The molecule has 8 heteroatoms. The molecule has 2 aliphatic rings. The van der Waals surface area contributed by atoms with Crippen molar-refractivity contribution in [1.82, 2.24) is 25.8 Å². The van der Waals surface area contributed by atoms with E-state index < -0.39 is 0 Å². The van der Waals surface area contributed by atoms with Gasteiger partial charge in [0.25, 0.3) is 5.91 Å². The van der Waals surface area contributed by atoms with Crippen molar-refractivity contribution in [1.29, 1.82) is 0 Å². The van der Waals surface area contributed by atoms with E-state index in [9.17, 15) is 9.90 Å². The third-order valence-corrected chi connectivity index (χ3v) is 7.53. The second-order valence-corrected chi connectivity index (χ2v) is 10.4. The monoisotopic (exact) mass is 460 g/mol. The maximum absolute atomic E-state index is 11.9. The highest BCUT2D eigenvalue weighted by Gasteiger charge is 2.46. The van der Waals surface area contributed by atoms with Gasteiger partial charge in [-0.3, -0.25) is 4.79 Å². The number of anilines is 1. The summed E-state index contributed by atoms with van der Waals surface area (Å²) in [5, 5.41) is 26.9. The summed E-state index contributed by atoms with van der Waals surface area (Å²) in [6.45, 7) is 4.68. The van der Waals surface area contributed by atoms with Crippen molar-refractivity contribution in [3.8, 4) is 17.0 Å². The molecule has 2 aliphatic heterocycles. The maximum Gasteiger partial charge on any atom is 0.269 e. The van der Waals surface area contributed by atoms with Crippen LogP contribution in [0, 0.1) is 0 Å². The Morgan fingerprint density at radius 1 is 1.12 bits per heavy atom. The molecule has 0 radical (unpaired) electrons. The van der Waals surface area contributed by atoms with Gasteiger partial charge in [-0.15, -0.1) is 10.2 Å². The molecule has 1 amide bonds. The van der Waals surface area contributed by atoms with E-state index in [0.717, 1.165) is 24.0 Å². The number of pyridine rings is 1. The second-order valence-electron chi connectivity index (χ2n) is 10.4. The summed E-state index contributed by atoms with van der Waals surface area (Å²) in [6, 6.07) is 11.1.